The summed E-state index contributed by atoms with van der Waals surface area (Å²) in [6.07, 6.45) is 3.78. The summed E-state index contributed by atoms with van der Waals surface area (Å²) in [5, 5.41) is 1.31. The van der Waals surface area contributed by atoms with E-state index in [1.807, 2.05) is 0 Å². The molecule has 2 aromatic rings. The predicted octanol–water partition coefficient (Wildman–Crippen LogP) is 1.95. The second-order valence-corrected chi connectivity index (χ2v) is 10.5. The molecule has 3 aliphatic heterocycles. The monoisotopic (exact) mass is 473 g/mol. The second-order valence-electron chi connectivity index (χ2n) is 7.50. The topological polar surface area (TPSA) is 108 Å². The van der Waals surface area contributed by atoms with Gasteiger partial charge in [0.25, 0.3) is 5.91 Å². The van der Waals surface area contributed by atoms with Gasteiger partial charge in [0.15, 0.2) is 0 Å². The molecule has 11 heteroatoms. The smallest absolute Gasteiger partial charge is 0.355 e. The molecule has 1 aromatic heterocycles. The van der Waals surface area contributed by atoms with Gasteiger partial charge in [-0.1, -0.05) is 12.1 Å². The number of benzene rings is 1. The van der Waals surface area contributed by atoms with E-state index in [0.717, 1.165) is 5.56 Å². The lowest BCUT2D eigenvalue weighted by Crippen LogP contribution is -2.51. The van der Waals surface area contributed by atoms with Crippen LogP contribution >= 0.6 is 11.8 Å². The maximum absolute atomic E-state index is 12.7. The van der Waals surface area contributed by atoms with Gasteiger partial charge in [-0.25, -0.2) is 18.2 Å². The Balaban J connectivity index is 1.26. The van der Waals surface area contributed by atoms with Crippen LogP contribution in [0.2, 0.25) is 0 Å². The van der Waals surface area contributed by atoms with E-state index in [9.17, 15) is 18.0 Å². The number of hydrogen-bond donors (Lipinski definition) is 0. The van der Waals surface area contributed by atoms with Gasteiger partial charge in [0, 0.05) is 18.1 Å². The van der Waals surface area contributed by atoms with Crippen molar-refractivity contribution in [1.82, 2.24) is 14.5 Å². The summed E-state index contributed by atoms with van der Waals surface area (Å²) in [4.78, 5) is 30.8. The largest absolute Gasteiger partial charge is 0.497 e. The van der Waals surface area contributed by atoms with Crippen molar-refractivity contribution >= 4 is 39.6 Å². The van der Waals surface area contributed by atoms with E-state index in [1.165, 1.54) is 16.7 Å². The highest BCUT2D eigenvalue weighted by Gasteiger charge is 2.50. The Bertz CT molecular complexity index is 1280. The van der Waals surface area contributed by atoms with E-state index in [0.29, 0.717) is 30.0 Å². The van der Waals surface area contributed by atoms with E-state index in [-0.39, 0.29) is 34.5 Å². The number of ether oxygens (including phenoxy) is 2. The van der Waals surface area contributed by atoms with Crippen molar-refractivity contribution in [2.75, 3.05) is 12.9 Å². The molecule has 0 N–H and O–H groups in total. The number of amides is 1. The van der Waals surface area contributed by atoms with E-state index in [1.54, 1.807) is 53.6 Å². The Kier molecular flexibility index (Phi) is 5.09. The van der Waals surface area contributed by atoms with E-state index >= 15 is 0 Å². The second kappa shape index (κ2) is 7.82. The number of β-lactam (4-membered cyclic amide) rings is 1. The molecular weight excluding hydrogens is 454 g/mol. The molecule has 0 radical (unpaired) electrons. The summed E-state index contributed by atoms with van der Waals surface area (Å²) >= 11 is 1.33. The molecule has 5 rings (SSSR count). The summed E-state index contributed by atoms with van der Waals surface area (Å²) in [7, 11) is -1.81. The third-order valence-electron chi connectivity index (χ3n) is 5.42. The maximum atomic E-state index is 12.7. The van der Waals surface area contributed by atoms with Crippen LogP contribution < -0.4 is 4.74 Å². The van der Waals surface area contributed by atoms with Gasteiger partial charge in [0.05, 0.1) is 24.1 Å². The number of imidazole rings is 1. The maximum Gasteiger partial charge on any atom is 0.355 e. The number of sulfone groups is 1. The number of fused-ring (bicyclic) bond motifs is 2. The lowest BCUT2D eigenvalue weighted by atomic mass is 10.0. The molecule has 1 fully saturated rings. The van der Waals surface area contributed by atoms with Crippen LogP contribution in [0.5, 0.6) is 5.75 Å². The van der Waals surface area contributed by atoms with Crippen LogP contribution in [0.25, 0.3) is 6.08 Å². The number of nitrogens with zero attached hydrogens (tertiary/aromatic N) is 3. The lowest BCUT2D eigenvalue weighted by molar-refractivity contribution is -0.146. The highest BCUT2D eigenvalue weighted by Crippen LogP contribution is 2.45. The Morgan fingerprint density at radius 1 is 1.31 bits per heavy atom. The molecule has 1 aromatic carbocycles. The molecule has 4 heterocycles. The molecule has 3 aliphatic rings. The normalized spacial score (nSPS) is 22.1. The Hall–Kier alpha value is -3.05. The summed E-state index contributed by atoms with van der Waals surface area (Å²) in [6, 6.07) is 7.15. The van der Waals surface area contributed by atoms with Gasteiger partial charge in [-0.2, -0.15) is 0 Å². The Labute approximate surface area is 188 Å². The zero-order valence-corrected chi connectivity index (χ0v) is 18.7. The average Bonchev–Trinajstić information content (AvgIpc) is 3.39. The Morgan fingerprint density at radius 2 is 2.09 bits per heavy atom. The summed E-state index contributed by atoms with van der Waals surface area (Å²) < 4.78 is 36.4. The molecular formula is C21H19N3O6S2. The standard InChI is InChI=1S/C21H19N3O6S2/c1-29-15-5-3-13(4-6-15)11-30-20(26)17-12-31-19-16(18(25)24(17)19)9-14-10-23-7-2-8-32(27,28)21(23)22-14/h3-6,9-10,12,19H,2,7-8,11H2,1H3/b16-9-/t19-/m1/s1. The van der Waals surface area contributed by atoms with Crippen molar-refractivity contribution in [1.29, 1.82) is 0 Å². The minimum absolute atomic E-state index is 0.0410. The molecule has 1 amide bonds. The minimum atomic E-state index is -3.39. The fraction of sp³-hybridized carbons (Fsp3) is 0.286. The van der Waals surface area contributed by atoms with Gasteiger partial charge >= 0.3 is 5.97 Å². The van der Waals surface area contributed by atoms with Crippen molar-refractivity contribution in [3.63, 3.8) is 0 Å². The van der Waals surface area contributed by atoms with Crippen molar-refractivity contribution in [3.05, 3.63) is 58.4 Å². The summed E-state index contributed by atoms with van der Waals surface area (Å²) in [5.41, 5.74) is 1.89. The van der Waals surface area contributed by atoms with Crippen LogP contribution in [0.4, 0.5) is 0 Å². The number of carbonyl (C=O) groups excluding carboxylic acids is 2. The van der Waals surface area contributed by atoms with Crippen LogP contribution in [0.1, 0.15) is 17.7 Å². The first-order valence-corrected chi connectivity index (χ1v) is 12.5. The molecule has 0 aliphatic carbocycles. The zero-order valence-electron chi connectivity index (χ0n) is 17.1. The van der Waals surface area contributed by atoms with Crippen LogP contribution in [-0.2, 0) is 37.3 Å². The van der Waals surface area contributed by atoms with Gasteiger partial charge in [0.1, 0.15) is 23.4 Å². The fourth-order valence-electron chi connectivity index (χ4n) is 3.78. The number of rotatable bonds is 5. The number of carbonyl (C=O) groups is 2. The van der Waals surface area contributed by atoms with E-state index < -0.39 is 15.8 Å². The van der Waals surface area contributed by atoms with Gasteiger partial charge in [-0.15, -0.1) is 11.8 Å². The van der Waals surface area contributed by atoms with Crippen LogP contribution in [-0.4, -0.2) is 53.0 Å². The molecule has 1 atom stereocenters. The minimum Gasteiger partial charge on any atom is -0.497 e. The predicted molar refractivity (Wildman–Crippen MR) is 116 cm³/mol. The zero-order chi connectivity index (χ0) is 22.5. The van der Waals surface area contributed by atoms with Gasteiger partial charge in [-0.05, 0) is 30.2 Å². The van der Waals surface area contributed by atoms with Crippen molar-refractivity contribution < 1.29 is 27.5 Å². The highest BCUT2D eigenvalue weighted by molar-refractivity contribution is 8.03. The quantitative estimate of drug-likeness (QED) is 0.368. The van der Waals surface area contributed by atoms with Crippen molar-refractivity contribution in [2.45, 2.75) is 30.1 Å². The first-order chi connectivity index (χ1) is 15.4. The third kappa shape index (κ3) is 3.51. The van der Waals surface area contributed by atoms with Crippen LogP contribution in [0.3, 0.4) is 0 Å². The fourth-order valence-corrected chi connectivity index (χ4v) is 6.33. The molecule has 32 heavy (non-hydrogen) atoms. The first-order valence-electron chi connectivity index (χ1n) is 9.88. The average molecular weight is 474 g/mol. The summed E-state index contributed by atoms with van der Waals surface area (Å²) in [5.74, 6) is -0.107. The molecule has 0 spiro atoms. The van der Waals surface area contributed by atoms with Crippen LogP contribution in [0, 0.1) is 0 Å². The van der Waals surface area contributed by atoms with Crippen molar-refractivity contribution in [2.24, 2.45) is 0 Å². The third-order valence-corrected chi connectivity index (χ3v) is 8.21. The van der Waals surface area contributed by atoms with Crippen LogP contribution in [0.15, 0.2) is 52.3 Å². The number of aryl methyl sites for hydroxylation is 1. The molecule has 0 saturated carbocycles. The van der Waals surface area contributed by atoms with Gasteiger partial charge in [0.2, 0.25) is 15.0 Å². The number of esters is 1. The number of hydrogen-bond acceptors (Lipinski definition) is 8. The van der Waals surface area contributed by atoms with E-state index in [2.05, 4.69) is 4.98 Å². The van der Waals surface area contributed by atoms with Gasteiger partial charge in [-0.3, -0.25) is 9.69 Å². The molecule has 1 saturated heterocycles. The number of thioether (sulfide) groups is 1. The molecule has 9 nitrogen and oxygen atoms in total. The number of aromatic nitrogens is 2. The summed E-state index contributed by atoms with van der Waals surface area (Å²) in [6.45, 7) is 0.656. The Morgan fingerprint density at radius 3 is 2.81 bits per heavy atom. The SMILES string of the molecule is COc1ccc(COC(=O)C2=CS[C@@H]3/C(=C\c4cn5c(n4)S(=O)(=O)CCC5)C(=O)N23)cc1. The lowest BCUT2D eigenvalue weighted by Gasteiger charge is -2.37. The molecule has 166 valence electrons. The van der Waals surface area contributed by atoms with Gasteiger partial charge < -0.3 is 14.0 Å². The molecule has 0 unspecified atom stereocenters. The van der Waals surface area contributed by atoms with E-state index in [4.69, 9.17) is 9.47 Å². The first kappa shape index (κ1) is 20.8. The number of methoxy groups -OCH3 is 1. The highest BCUT2D eigenvalue weighted by atomic mass is 32.2. The molecule has 0 bridgehead atoms. The van der Waals surface area contributed by atoms with Crippen molar-refractivity contribution in [3.8, 4) is 5.75 Å².